The third kappa shape index (κ3) is 1.93. The minimum atomic E-state index is -0.368. The molecule has 0 saturated carbocycles. The molecule has 2 aliphatic heterocycles. The molecule has 0 aliphatic carbocycles. The fourth-order valence-electron chi connectivity index (χ4n) is 2.24. The number of hydrogen-bond donors (Lipinski definition) is 1. The fourth-order valence-corrected chi connectivity index (χ4v) is 2.24. The van der Waals surface area contributed by atoms with Crippen LogP contribution in [0.25, 0.3) is 0 Å². The van der Waals surface area contributed by atoms with Crippen molar-refractivity contribution in [3.63, 3.8) is 0 Å². The number of rotatable bonds is 2. The zero-order valence-corrected chi connectivity index (χ0v) is 8.61. The molecule has 0 aromatic rings. The van der Waals surface area contributed by atoms with Gasteiger partial charge in [-0.1, -0.05) is 0 Å². The lowest BCUT2D eigenvalue weighted by atomic mass is 9.89. The SMILES string of the molecule is CC1OCCC1C(O)C1=COCCC1. The summed E-state index contributed by atoms with van der Waals surface area (Å²) < 4.78 is 10.7. The fraction of sp³-hybridized carbons (Fsp3) is 0.818. The van der Waals surface area contributed by atoms with E-state index in [1.165, 1.54) is 0 Å². The topological polar surface area (TPSA) is 38.7 Å². The van der Waals surface area contributed by atoms with Gasteiger partial charge in [-0.05, 0) is 31.8 Å². The van der Waals surface area contributed by atoms with Crippen LogP contribution < -0.4 is 0 Å². The van der Waals surface area contributed by atoms with Gasteiger partial charge in [-0.2, -0.15) is 0 Å². The van der Waals surface area contributed by atoms with E-state index in [4.69, 9.17) is 9.47 Å². The molecular weight excluding hydrogens is 180 g/mol. The molecule has 2 rings (SSSR count). The summed E-state index contributed by atoms with van der Waals surface area (Å²) in [7, 11) is 0. The molecule has 0 amide bonds. The number of aliphatic hydroxyl groups excluding tert-OH is 1. The van der Waals surface area contributed by atoms with Crippen LogP contribution in [0.5, 0.6) is 0 Å². The Morgan fingerprint density at radius 3 is 2.93 bits per heavy atom. The van der Waals surface area contributed by atoms with Crippen LogP contribution in [-0.2, 0) is 9.47 Å². The van der Waals surface area contributed by atoms with Crippen molar-refractivity contribution in [2.24, 2.45) is 5.92 Å². The van der Waals surface area contributed by atoms with Crippen LogP contribution in [0, 0.1) is 5.92 Å². The van der Waals surface area contributed by atoms with Gasteiger partial charge in [0, 0.05) is 12.5 Å². The highest BCUT2D eigenvalue weighted by Gasteiger charge is 2.33. The molecule has 1 N–H and O–H groups in total. The monoisotopic (exact) mass is 198 g/mol. The molecule has 2 aliphatic rings. The van der Waals surface area contributed by atoms with Crippen LogP contribution in [0.15, 0.2) is 11.8 Å². The van der Waals surface area contributed by atoms with Crippen molar-refractivity contribution in [2.45, 2.75) is 38.4 Å². The Bertz CT molecular complexity index is 225. The van der Waals surface area contributed by atoms with Crippen LogP contribution in [0.1, 0.15) is 26.2 Å². The van der Waals surface area contributed by atoms with Gasteiger partial charge in [0.15, 0.2) is 0 Å². The van der Waals surface area contributed by atoms with Gasteiger partial charge in [0.25, 0.3) is 0 Å². The van der Waals surface area contributed by atoms with E-state index in [-0.39, 0.29) is 18.1 Å². The maximum atomic E-state index is 10.1. The van der Waals surface area contributed by atoms with Gasteiger partial charge < -0.3 is 14.6 Å². The first-order valence-corrected chi connectivity index (χ1v) is 5.39. The summed E-state index contributed by atoms with van der Waals surface area (Å²) in [5.74, 6) is 0.253. The van der Waals surface area contributed by atoms with E-state index < -0.39 is 0 Å². The van der Waals surface area contributed by atoms with E-state index in [0.717, 1.165) is 38.0 Å². The second-order valence-electron chi connectivity index (χ2n) is 4.14. The van der Waals surface area contributed by atoms with Gasteiger partial charge in [0.1, 0.15) is 0 Å². The summed E-state index contributed by atoms with van der Waals surface area (Å²) in [6.07, 6.45) is 4.48. The zero-order chi connectivity index (χ0) is 9.97. The first-order chi connectivity index (χ1) is 6.79. The molecule has 0 aromatic carbocycles. The molecule has 0 bridgehead atoms. The van der Waals surface area contributed by atoms with E-state index in [9.17, 15) is 5.11 Å². The van der Waals surface area contributed by atoms with E-state index in [0.29, 0.717) is 0 Å². The van der Waals surface area contributed by atoms with E-state index >= 15 is 0 Å². The summed E-state index contributed by atoms with van der Waals surface area (Å²) in [5, 5.41) is 10.1. The van der Waals surface area contributed by atoms with Crippen molar-refractivity contribution in [1.82, 2.24) is 0 Å². The Morgan fingerprint density at radius 2 is 2.36 bits per heavy atom. The van der Waals surface area contributed by atoms with Crippen LogP contribution in [0.2, 0.25) is 0 Å². The average molecular weight is 198 g/mol. The van der Waals surface area contributed by atoms with Gasteiger partial charge >= 0.3 is 0 Å². The van der Waals surface area contributed by atoms with Crippen molar-refractivity contribution >= 4 is 0 Å². The highest BCUT2D eigenvalue weighted by Crippen LogP contribution is 2.30. The lowest BCUT2D eigenvalue weighted by Gasteiger charge is -2.25. The van der Waals surface area contributed by atoms with Gasteiger partial charge in [-0.15, -0.1) is 0 Å². The molecule has 1 saturated heterocycles. The van der Waals surface area contributed by atoms with Crippen molar-refractivity contribution in [3.05, 3.63) is 11.8 Å². The lowest BCUT2D eigenvalue weighted by molar-refractivity contribution is 0.0537. The number of aliphatic hydroxyl groups is 1. The summed E-state index contributed by atoms with van der Waals surface area (Å²) in [5.41, 5.74) is 1.04. The second-order valence-corrected chi connectivity index (χ2v) is 4.14. The molecule has 0 aromatic heterocycles. The number of ether oxygens (including phenoxy) is 2. The minimum Gasteiger partial charge on any atom is -0.501 e. The van der Waals surface area contributed by atoms with Gasteiger partial charge in [0.05, 0.1) is 25.1 Å². The van der Waals surface area contributed by atoms with Crippen LogP contribution >= 0.6 is 0 Å². The zero-order valence-electron chi connectivity index (χ0n) is 8.61. The Balaban J connectivity index is 1.99. The predicted molar refractivity (Wildman–Crippen MR) is 52.8 cm³/mol. The minimum absolute atomic E-state index is 0.174. The van der Waals surface area contributed by atoms with Gasteiger partial charge in [0.2, 0.25) is 0 Å². The molecule has 2 heterocycles. The van der Waals surface area contributed by atoms with E-state index in [1.807, 2.05) is 6.92 Å². The van der Waals surface area contributed by atoms with Gasteiger partial charge in [-0.3, -0.25) is 0 Å². The molecule has 0 radical (unpaired) electrons. The smallest absolute Gasteiger partial charge is 0.0876 e. The second kappa shape index (κ2) is 4.32. The van der Waals surface area contributed by atoms with Crippen molar-refractivity contribution in [1.29, 1.82) is 0 Å². The Kier molecular flexibility index (Phi) is 3.08. The molecule has 3 nitrogen and oxygen atoms in total. The summed E-state index contributed by atoms with van der Waals surface area (Å²) in [6, 6.07) is 0. The molecule has 3 atom stereocenters. The van der Waals surface area contributed by atoms with E-state index in [1.54, 1.807) is 6.26 Å². The first kappa shape index (κ1) is 9.99. The molecular formula is C11H18O3. The molecule has 14 heavy (non-hydrogen) atoms. The molecule has 80 valence electrons. The quantitative estimate of drug-likeness (QED) is 0.730. The molecule has 0 spiro atoms. The normalized spacial score (nSPS) is 34.9. The van der Waals surface area contributed by atoms with Crippen LogP contribution in [-0.4, -0.2) is 30.5 Å². The van der Waals surface area contributed by atoms with Crippen molar-refractivity contribution in [2.75, 3.05) is 13.2 Å². The van der Waals surface area contributed by atoms with Crippen molar-refractivity contribution < 1.29 is 14.6 Å². The van der Waals surface area contributed by atoms with E-state index in [2.05, 4.69) is 0 Å². The molecule has 3 heteroatoms. The first-order valence-electron chi connectivity index (χ1n) is 5.39. The summed E-state index contributed by atoms with van der Waals surface area (Å²) in [6.45, 7) is 3.59. The molecule has 1 fully saturated rings. The van der Waals surface area contributed by atoms with Gasteiger partial charge in [-0.25, -0.2) is 0 Å². The maximum Gasteiger partial charge on any atom is 0.0876 e. The standard InChI is InChI=1S/C11H18O3/c1-8-10(4-6-14-8)11(12)9-3-2-5-13-7-9/h7-8,10-12H,2-6H2,1H3. The maximum absolute atomic E-state index is 10.1. The summed E-state index contributed by atoms with van der Waals surface area (Å²) in [4.78, 5) is 0. The molecule has 3 unspecified atom stereocenters. The number of hydrogen-bond acceptors (Lipinski definition) is 3. The Labute approximate surface area is 84.7 Å². The highest BCUT2D eigenvalue weighted by atomic mass is 16.5. The summed E-state index contributed by atoms with van der Waals surface area (Å²) >= 11 is 0. The third-order valence-corrected chi connectivity index (χ3v) is 3.18. The Morgan fingerprint density at radius 1 is 1.50 bits per heavy atom. The third-order valence-electron chi connectivity index (χ3n) is 3.18. The van der Waals surface area contributed by atoms with Crippen LogP contribution in [0.3, 0.4) is 0 Å². The Hall–Kier alpha value is -0.540. The van der Waals surface area contributed by atoms with Crippen molar-refractivity contribution in [3.8, 4) is 0 Å². The lowest BCUT2D eigenvalue weighted by Crippen LogP contribution is -2.29. The average Bonchev–Trinajstić information content (AvgIpc) is 2.65. The van der Waals surface area contributed by atoms with Crippen LogP contribution in [0.4, 0.5) is 0 Å². The largest absolute Gasteiger partial charge is 0.501 e. The highest BCUT2D eigenvalue weighted by molar-refractivity contribution is 5.09. The predicted octanol–water partition coefficient (Wildman–Crippen LogP) is 1.47.